The highest BCUT2D eigenvalue weighted by Gasteiger charge is 2.46. The summed E-state index contributed by atoms with van der Waals surface area (Å²) >= 11 is 0. The molecule has 3 aromatic rings. The first-order valence-electron chi connectivity index (χ1n) is 16.4. The lowest BCUT2D eigenvalue weighted by Gasteiger charge is -2.54. The van der Waals surface area contributed by atoms with Crippen molar-refractivity contribution >= 4 is 17.9 Å². The van der Waals surface area contributed by atoms with Crippen molar-refractivity contribution in [3.05, 3.63) is 101 Å². The van der Waals surface area contributed by atoms with Crippen molar-refractivity contribution in [1.29, 1.82) is 0 Å². The lowest BCUT2D eigenvalue weighted by molar-refractivity contribution is -0.170. The van der Waals surface area contributed by atoms with Crippen LogP contribution in [0.25, 0.3) is 0 Å². The smallest absolute Gasteiger partial charge is 0.336 e. The van der Waals surface area contributed by atoms with E-state index in [-0.39, 0.29) is 10.9 Å². The van der Waals surface area contributed by atoms with Crippen molar-refractivity contribution in [2.75, 3.05) is 20.2 Å². The highest BCUT2D eigenvalue weighted by atomic mass is 16.5. The third kappa shape index (κ3) is 9.88. The van der Waals surface area contributed by atoms with Gasteiger partial charge in [-0.2, -0.15) is 0 Å². The summed E-state index contributed by atoms with van der Waals surface area (Å²) in [5, 5.41) is 37.9. The van der Waals surface area contributed by atoms with Gasteiger partial charge in [-0.3, -0.25) is 14.5 Å². The standard InChI is InChI=1S/C32H40N2O.C6H8O7.H2O/c1-32(2,3)27-15-16-28(35-4)26(21-27)22-33-30-25-17-19-34(20-18-25)31(30)29(23-11-7-5-8-12-23)24-13-9-6-10-14-24;7-3(8)1-6(13,5(11)12)2-4(9)10;/h5-16,21,25,29-31,33H,17-20,22H2,1-4H3;13H,1-2H2,(H,7,8)(H,9,10)(H,11,12);1H2/t30-,31+;;/m0../s1. The van der Waals surface area contributed by atoms with Gasteiger partial charge in [-0.05, 0) is 60.0 Å². The van der Waals surface area contributed by atoms with Crippen molar-refractivity contribution < 1.29 is 45.0 Å². The van der Waals surface area contributed by atoms with E-state index in [0.717, 1.165) is 12.3 Å². The molecule has 0 amide bonds. The van der Waals surface area contributed by atoms with Crippen LogP contribution in [0.1, 0.15) is 74.6 Å². The number of carbonyl (C=O) groups is 3. The summed E-state index contributed by atoms with van der Waals surface area (Å²) in [4.78, 5) is 33.2. The Morgan fingerprint density at radius 1 is 0.857 bits per heavy atom. The minimum Gasteiger partial charge on any atom is -0.496 e. The third-order valence-electron chi connectivity index (χ3n) is 9.49. The molecule has 0 unspecified atom stereocenters. The van der Waals surface area contributed by atoms with Gasteiger partial charge in [-0.25, -0.2) is 4.79 Å². The minimum absolute atomic E-state index is 0. The van der Waals surface area contributed by atoms with E-state index in [0.29, 0.717) is 23.9 Å². The Bertz CT molecular complexity index is 1480. The second-order valence-corrected chi connectivity index (χ2v) is 13.8. The monoisotopic (exact) mass is 678 g/mol. The van der Waals surface area contributed by atoms with Gasteiger partial charge in [0.2, 0.25) is 0 Å². The van der Waals surface area contributed by atoms with Crippen molar-refractivity contribution in [3.63, 3.8) is 0 Å². The van der Waals surface area contributed by atoms with Crippen LogP contribution >= 0.6 is 0 Å². The van der Waals surface area contributed by atoms with Gasteiger partial charge < -0.3 is 36.0 Å². The maximum absolute atomic E-state index is 10.3. The number of aliphatic hydroxyl groups is 1. The molecule has 11 heteroatoms. The van der Waals surface area contributed by atoms with E-state index in [1.807, 2.05) is 0 Å². The molecular formula is C38H50N2O9. The van der Waals surface area contributed by atoms with Crippen LogP contribution in [0.15, 0.2) is 78.9 Å². The summed E-state index contributed by atoms with van der Waals surface area (Å²) in [5.74, 6) is -2.99. The second-order valence-electron chi connectivity index (χ2n) is 13.8. The molecule has 3 aliphatic heterocycles. The molecule has 0 saturated carbocycles. The first kappa shape index (κ1) is 39.2. The Kier molecular flexibility index (Phi) is 13.5. The Morgan fingerprint density at radius 3 is 1.80 bits per heavy atom. The van der Waals surface area contributed by atoms with Gasteiger partial charge in [0.15, 0.2) is 5.60 Å². The molecule has 6 rings (SSSR count). The van der Waals surface area contributed by atoms with Crippen LogP contribution < -0.4 is 10.1 Å². The van der Waals surface area contributed by atoms with E-state index in [1.54, 1.807) is 7.11 Å². The van der Waals surface area contributed by atoms with Crippen LogP contribution in [0.4, 0.5) is 0 Å². The summed E-state index contributed by atoms with van der Waals surface area (Å²) in [7, 11) is 1.79. The number of carboxylic acid groups (broad SMARTS) is 3. The molecule has 0 spiro atoms. The van der Waals surface area contributed by atoms with E-state index < -0.39 is 36.4 Å². The highest BCUT2D eigenvalue weighted by Crippen LogP contribution is 2.42. The average Bonchev–Trinajstić information content (AvgIpc) is 3.04. The predicted octanol–water partition coefficient (Wildman–Crippen LogP) is 4.30. The summed E-state index contributed by atoms with van der Waals surface area (Å²) in [6.07, 6.45) is 0.274. The molecule has 0 radical (unpaired) electrons. The number of fused-ring (bicyclic) bond motifs is 3. The average molecular weight is 679 g/mol. The molecular weight excluding hydrogens is 628 g/mol. The number of ether oxygens (including phenoxy) is 1. The Hall–Kier alpha value is -4.29. The van der Waals surface area contributed by atoms with E-state index in [9.17, 15) is 14.4 Å². The number of nitrogens with zero attached hydrogens (tertiary/aromatic N) is 1. The van der Waals surface area contributed by atoms with Crippen LogP contribution in [-0.4, -0.2) is 86.6 Å². The first-order chi connectivity index (χ1) is 22.7. The number of rotatable bonds is 12. The van der Waals surface area contributed by atoms with Gasteiger partial charge in [0.25, 0.3) is 0 Å². The number of aliphatic carboxylic acids is 3. The predicted molar refractivity (Wildman–Crippen MR) is 186 cm³/mol. The van der Waals surface area contributed by atoms with Crippen LogP contribution in [-0.2, 0) is 26.3 Å². The van der Waals surface area contributed by atoms with Gasteiger partial charge in [0, 0.05) is 30.1 Å². The molecule has 11 nitrogen and oxygen atoms in total. The third-order valence-corrected chi connectivity index (χ3v) is 9.49. The zero-order valence-electron chi connectivity index (χ0n) is 28.6. The molecule has 2 bridgehead atoms. The molecule has 0 aromatic heterocycles. The molecule has 49 heavy (non-hydrogen) atoms. The van der Waals surface area contributed by atoms with Crippen LogP contribution in [0.5, 0.6) is 5.75 Å². The fourth-order valence-corrected chi connectivity index (χ4v) is 7.02. The topological polar surface area (TPSA) is 188 Å². The number of methoxy groups -OCH3 is 1. The number of hydrogen-bond donors (Lipinski definition) is 5. The molecule has 7 N–H and O–H groups in total. The van der Waals surface area contributed by atoms with E-state index >= 15 is 0 Å². The minimum atomic E-state index is -2.74. The van der Waals surface area contributed by atoms with Crippen molar-refractivity contribution in [2.45, 2.75) is 82.0 Å². The van der Waals surface area contributed by atoms with Crippen LogP contribution in [0.2, 0.25) is 0 Å². The van der Waals surface area contributed by atoms with Gasteiger partial charge in [-0.15, -0.1) is 0 Å². The zero-order valence-corrected chi connectivity index (χ0v) is 28.6. The highest BCUT2D eigenvalue weighted by molar-refractivity contribution is 5.88. The Balaban J connectivity index is 0.000000398. The molecule has 3 saturated heterocycles. The van der Waals surface area contributed by atoms with Gasteiger partial charge in [-0.1, -0.05) is 93.6 Å². The number of hydrogen-bond acceptors (Lipinski definition) is 7. The molecule has 2 atom stereocenters. The maximum Gasteiger partial charge on any atom is 0.336 e. The summed E-state index contributed by atoms with van der Waals surface area (Å²) in [6, 6.07) is 29.8. The largest absolute Gasteiger partial charge is 0.496 e. The van der Waals surface area contributed by atoms with Crippen molar-refractivity contribution in [2.24, 2.45) is 5.92 Å². The number of carboxylic acids is 3. The summed E-state index contributed by atoms with van der Waals surface area (Å²) in [5.41, 5.74) is 2.81. The van der Waals surface area contributed by atoms with E-state index in [2.05, 4.69) is 110 Å². The zero-order chi connectivity index (χ0) is 35.1. The molecule has 3 aliphatic rings. The summed E-state index contributed by atoms with van der Waals surface area (Å²) < 4.78 is 5.78. The van der Waals surface area contributed by atoms with Gasteiger partial charge in [0.1, 0.15) is 5.75 Å². The molecule has 0 aliphatic carbocycles. The van der Waals surface area contributed by atoms with Gasteiger partial charge >= 0.3 is 17.9 Å². The Labute approximate surface area is 287 Å². The molecule has 3 heterocycles. The van der Waals surface area contributed by atoms with Crippen molar-refractivity contribution in [3.8, 4) is 5.75 Å². The fraction of sp³-hybridized carbons (Fsp3) is 0.447. The number of benzene rings is 3. The molecule has 266 valence electrons. The fourth-order valence-electron chi connectivity index (χ4n) is 7.02. The van der Waals surface area contributed by atoms with Crippen LogP contribution in [0.3, 0.4) is 0 Å². The first-order valence-corrected chi connectivity index (χ1v) is 16.4. The lowest BCUT2D eigenvalue weighted by Crippen LogP contribution is -2.64. The van der Waals surface area contributed by atoms with E-state index in [1.165, 1.54) is 48.2 Å². The maximum atomic E-state index is 10.3. The number of piperidine rings is 3. The quantitative estimate of drug-likeness (QED) is 0.185. The van der Waals surface area contributed by atoms with Crippen molar-refractivity contribution in [1.82, 2.24) is 10.2 Å². The SMILES string of the molecule is COc1ccc(C(C)(C)C)cc1CN[C@H]1C2CCN(CC2)[C@@H]1C(c1ccccc1)c1ccccc1.O.O=C(O)CC(O)(CC(=O)O)C(=O)O. The summed E-state index contributed by atoms with van der Waals surface area (Å²) in [6.45, 7) is 10.1. The van der Waals surface area contributed by atoms with E-state index in [4.69, 9.17) is 25.2 Å². The van der Waals surface area contributed by atoms with Crippen LogP contribution in [0, 0.1) is 5.92 Å². The van der Waals surface area contributed by atoms with Gasteiger partial charge in [0.05, 0.1) is 20.0 Å². The normalized spacial score (nSPS) is 20.0. The lowest BCUT2D eigenvalue weighted by atomic mass is 9.70. The Morgan fingerprint density at radius 2 is 1.37 bits per heavy atom. The molecule has 3 aromatic carbocycles. The second kappa shape index (κ2) is 16.9. The molecule has 3 fully saturated rings. The number of nitrogens with one attached hydrogen (secondary N) is 1.